The molecule has 0 aliphatic rings. The van der Waals surface area contributed by atoms with Crippen LogP contribution in [0.3, 0.4) is 0 Å². The number of H-pyrrole nitrogens is 1. The van der Waals surface area contributed by atoms with E-state index in [4.69, 9.17) is 22.1 Å². The van der Waals surface area contributed by atoms with Crippen LogP contribution in [0, 0.1) is 0 Å². The van der Waals surface area contributed by atoms with Crippen molar-refractivity contribution in [3.63, 3.8) is 0 Å². The smallest absolute Gasteiger partial charge is 0.208 e. The van der Waals surface area contributed by atoms with Crippen molar-refractivity contribution in [3.8, 4) is 5.75 Å². The summed E-state index contributed by atoms with van der Waals surface area (Å²) in [6.45, 7) is 1.09. The van der Waals surface area contributed by atoms with E-state index in [-0.39, 0.29) is 0 Å². The highest BCUT2D eigenvalue weighted by Crippen LogP contribution is 2.19. The highest BCUT2D eigenvalue weighted by Gasteiger charge is 2.08. The van der Waals surface area contributed by atoms with E-state index in [1.165, 1.54) is 6.33 Å². The van der Waals surface area contributed by atoms with E-state index in [1.807, 2.05) is 16.7 Å². The van der Waals surface area contributed by atoms with Crippen LogP contribution in [0.25, 0.3) is 11.2 Å². The zero-order valence-corrected chi connectivity index (χ0v) is 16.3. The van der Waals surface area contributed by atoms with E-state index >= 15 is 0 Å². The zero-order valence-electron chi connectivity index (χ0n) is 14.7. The Bertz CT molecular complexity index is 1060. The normalized spacial score (nSPS) is 11.2. The number of aryl methyl sites for hydroxylation is 1. The number of nitrogens with two attached hydrogens (primary N) is 1. The van der Waals surface area contributed by atoms with E-state index in [1.54, 1.807) is 30.2 Å². The number of ether oxygens (including phenoxy) is 1. The number of anilines is 1. The van der Waals surface area contributed by atoms with Crippen LogP contribution in [0.5, 0.6) is 5.75 Å². The van der Waals surface area contributed by atoms with Gasteiger partial charge in [-0.05, 0) is 30.7 Å². The van der Waals surface area contributed by atoms with Gasteiger partial charge in [0.1, 0.15) is 24.2 Å². The van der Waals surface area contributed by atoms with Crippen LogP contribution in [0.2, 0.25) is 5.02 Å². The van der Waals surface area contributed by atoms with Gasteiger partial charge in [0.2, 0.25) is 5.16 Å². The summed E-state index contributed by atoms with van der Waals surface area (Å²) >= 11 is 7.43. The molecule has 0 saturated carbocycles. The minimum Gasteiger partial charge on any atom is -0.486 e. The number of nitrogen functional groups attached to an aromatic ring is 1. The van der Waals surface area contributed by atoms with E-state index in [0.29, 0.717) is 33.9 Å². The summed E-state index contributed by atoms with van der Waals surface area (Å²) in [5.74, 6) is 2.65. The average Bonchev–Trinajstić information content (AvgIpc) is 3.33. The molecule has 0 spiro atoms. The molecule has 0 radical (unpaired) electrons. The summed E-state index contributed by atoms with van der Waals surface area (Å²) in [6, 6.07) is 7.18. The molecule has 28 heavy (non-hydrogen) atoms. The van der Waals surface area contributed by atoms with Gasteiger partial charge in [0.05, 0.1) is 6.33 Å². The Morgan fingerprint density at radius 3 is 2.89 bits per heavy atom. The van der Waals surface area contributed by atoms with Crippen LogP contribution < -0.4 is 10.5 Å². The molecule has 144 valence electrons. The summed E-state index contributed by atoms with van der Waals surface area (Å²) in [6.07, 6.45) is 4.09. The van der Waals surface area contributed by atoms with Gasteiger partial charge < -0.3 is 15.0 Å². The van der Waals surface area contributed by atoms with Crippen LogP contribution in [0.15, 0.2) is 42.1 Å². The van der Waals surface area contributed by atoms with Crippen molar-refractivity contribution < 1.29 is 4.74 Å². The van der Waals surface area contributed by atoms with Crippen molar-refractivity contribution in [2.75, 3.05) is 11.5 Å². The highest BCUT2D eigenvalue weighted by atomic mass is 35.5. The number of imidazole rings is 1. The minimum absolute atomic E-state index is 0.317. The number of halogens is 1. The molecule has 3 heterocycles. The average molecular weight is 417 g/mol. The second-order valence-electron chi connectivity index (χ2n) is 5.88. The van der Waals surface area contributed by atoms with E-state index < -0.39 is 0 Å². The molecular formula is C17H17ClN8OS. The molecule has 4 rings (SSSR count). The topological polar surface area (TPSA) is 120 Å². The Hall–Kier alpha value is -2.85. The number of aromatic nitrogens is 7. The van der Waals surface area contributed by atoms with Crippen molar-refractivity contribution in [1.29, 1.82) is 0 Å². The van der Waals surface area contributed by atoms with E-state index in [9.17, 15) is 0 Å². The lowest BCUT2D eigenvalue weighted by molar-refractivity contribution is 0.296. The maximum Gasteiger partial charge on any atom is 0.208 e. The molecule has 0 amide bonds. The largest absolute Gasteiger partial charge is 0.486 e. The SMILES string of the molecule is Nc1ncnc2c1ncn2CCCSc1n[nH]c(COc2ccc(Cl)cc2)n1. The van der Waals surface area contributed by atoms with Crippen molar-refractivity contribution in [2.24, 2.45) is 0 Å². The second-order valence-corrected chi connectivity index (χ2v) is 7.38. The number of benzene rings is 1. The third-order valence-corrected chi connectivity index (χ3v) is 5.09. The van der Waals surface area contributed by atoms with Crippen molar-refractivity contribution in [1.82, 2.24) is 34.7 Å². The Morgan fingerprint density at radius 2 is 2.04 bits per heavy atom. The number of aromatic amines is 1. The molecule has 0 saturated heterocycles. The molecule has 0 unspecified atom stereocenters. The standard InChI is InChI=1S/C17H17ClN8OS/c18-11-2-4-12(5-3-11)27-8-13-23-17(25-24-13)28-7-1-6-26-10-22-14-15(19)20-9-21-16(14)26/h2-5,9-10H,1,6-8H2,(H2,19,20,21)(H,23,24,25). The van der Waals surface area contributed by atoms with Gasteiger partial charge in [-0.25, -0.2) is 19.9 Å². The molecule has 3 N–H and O–H groups in total. The monoisotopic (exact) mass is 416 g/mol. The number of hydrogen-bond acceptors (Lipinski definition) is 8. The third-order valence-electron chi connectivity index (χ3n) is 3.90. The second kappa shape index (κ2) is 8.44. The fraction of sp³-hybridized carbons (Fsp3) is 0.235. The lowest BCUT2D eigenvalue weighted by Gasteiger charge is -2.03. The first kappa shape index (κ1) is 18.5. The van der Waals surface area contributed by atoms with Crippen LogP contribution >= 0.6 is 23.4 Å². The van der Waals surface area contributed by atoms with Crippen LogP contribution in [0.1, 0.15) is 12.2 Å². The lowest BCUT2D eigenvalue weighted by Crippen LogP contribution is -2.00. The molecule has 11 heteroatoms. The summed E-state index contributed by atoms with van der Waals surface area (Å²) in [4.78, 5) is 16.9. The molecular weight excluding hydrogens is 400 g/mol. The van der Waals surface area contributed by atoms with Gasteiger partial charge in [0, 0.05) is 17.3 Å². The molecule has 3 aromatic heterocycles. The maximum atomic E-state index is 5.86. The van der Waals surface area contributed by atoms with Gasteiger partial charge in [-0.2, -0.15) is 0 Å². The number of nitrogens with zero attached hydrogens (tertiary/aromatic N) is 6. The molecule has 0 bridgehead atoms. The molecule has 9 nitrogen and oxygen atoms in total. The first-order valence-corrected chi connectivity index (χ1v) is 9.89. The van der Waals surface area contributed by atoms with Gasteiger partial charge in [0.25, 0.3) is 0 Å². The van der Waals surface area contributed by atoms with Crippen LogP contribution in [-0.2, 0) is 13.2 Å². The highest BCUT2D eigenvalue weighted by molar-refractivity contribution is 7.99. The summed E-state index contributed by atoms with van der Waals surface area (Å²) < 4.78 is 7.62. The predicted molar refractivity (Wildman–Crippen MR) is 107 cm³/mol. The summed E-state index contributed by atoms with van der Waals surface area (Å²) in [7, 11) is 0. The van der Waals surface area contributed by atoms with Gasteiger partial charge in [-0.1, -0.05) is 23.4 Å². The van der Waals surface area contributed by atoms with Crippen LogP contribution in [0.4, 0.5) is 5.82 Å². The quantitative estimate of drug-likeness (QED) is 0.332. The van der Waals surface area contributed by atoms with Gasteiger partial charge in [0.15, 0.2) is 17.3 Å². The third kappa shape index (κ3) is 4.34. The number of nitrogens with one attached hydrogen (secondary N) is 1. The first-order valence-electron chi connectivity index (χ1n) is 8.53. The van der Waals surface area contributed by atoms with E-state index in [0.717, 1.165) is 30.1 Å². The molecule has 0 atom stereocenters. The maximum absolute atomic E-state index is 5.86. The van der Waals surface area contributed by atoms with Crippen molar-refractivity contribution >= 4 is 40.3 Å². The Morgan fingerprint density at radius 1 is 1.18 bits per heavy atom. The van der Waals surface area contributed by atoms with E-state index in [2.05, 4.69) is 30.1 Å². The molecule has 1 aromatic carbocycles. The molecule has 0 fully saturated rings. The fourth-order valence-electron chi connectivity index (χ4n) is 2.55. The van der Waals surface area contributed by atoms with Crippen molar-refractivity contribution in [3.05, 3.63) is 47.8 Å². The zero-order chi connectivity index (χ0) is 19.3. The predicted octanol–water partition coefficient (Wildman–Crippen LogP) is 2.94. The minimum atomic E-state index is 0.317. The first-order chi connectivity index (χ1) is 13.7. The molecule has 0 aliphatic carbocycles. The lowest BCUT2D eigenvalue weighted by atomic mass is 10.3. The van der Waals surface area contributed by atoms with Gasteiger partial charge in [-0.3, -0.25) is 5.10 Å². The summed E-state index contributed by atoms with van der Waals surface area (Å²) in [5.41, 5.74) is 7.18. The Kier molecular flexibility index (Phi) is 5.58. The van der Waals surface area contributed by atoms with Gasteiger partial charge in [-0.15, -0.1) is 5.10 Å². The fourth-order valence-corrected chi connectivity index (χ4v) is 3.42. The van der Waals surface area contributed by atoms with Gasteiger partial charge >= 0.3 is 0 Å². The van der Waals surface area contributed by atoms with Crippen molar-refractivity contribution in [2.45, 2.75) is 24.7 Å². The number of hydrogen-bond donors (Lipinski definition) is 2. The van der Waals surface area contributed by atoms with Crippen LogP contribution in [-0.4, -0.2) is 40.5 Å². The summed E-state index contributed by atoms with van der Waals surface area (Å²) in [5, 5.41) is 8.46. The Balaban J connectivity index is 1.24. The number of fused-ring (bicyclic) bond motifs is 1. The number of rotatable bonds is 8. The Labute approximate surface area is 169 Å². The molecule has 0 aliphatic heterocycles. The number of thioether (sulfide) groups is 1. The molecule has 4 aromatic rings.